The zero-order valence-corrected chi connectivity index (χ0v) is 9.98. The van der Waals surface area contributed by atoms with E-state index in [4.69, 9.17) is 14.8 Å². The highest BCUT2D eigenvalue weighted by Gasteiger charge is 2.15. The Morgan fingerprint density at radius 2 is 1.82 bits per heavy atom. The summed E-state index contributed by atoms with van der Waals surface area (Å²) in [6.07, 6.45) is 4.33. The molecule has 1 aromatic rings. The lowest BCUT2D eigenvalue weighted by molar-refractivity contribution is 0.344. The van der Waals surface area contributed by atoms with Crippen LogP contribution in [0.15, 0.2) is 12.5 Å². The molecular weight excluding hydrogens is 278 g/mol. The predicted molar refractivity (Wildman–Crippen MR) is 55.5 cm³/mol. The molecule has 1 heterocycles. The summed E-state index contributed by atoms with van der Waals surface area (Å²) in [5.41, 5.74) is 6.38. The van der Waals surface area contributed by atoms with Crippen molar-refractivity contribution in [2.24, 2.45) is 5.73 Å². The fourth-order valence-corrected chi connectivity index (χ4v) is 1.55. The number of aromatic amines is 1. The van der Waals surface area contributed by atoms with Gasteiger partial charge in [0.15, 0.2) is 0 Å². The largest absolute Gasteiger partial charge is 0.413 e. The Morgan fingerprint density at radius 1 is 1.29 bits per heavy atom. The summed E-state index contributed by atoms with van der Waals surface area (Å²) < 4.78 is 55.6. The zero-order chi connectivity index (χ0) is 13.5. The highest BCUT2D eigenvalue weighted by molar-refractivity contribution is 7.94. The fourth-order valence-electron chi connectivity index (χ4n) is 0.686. The van der Waals surface area contributed by atoms with Crippen molar-refractivity contribution in [2.45, 2.75) is 6.42 Å². The lowest BCUT2D eigenvalue weighted by atomic mass is 10.3. The molecule has 0 spiro atoms. The van der Waals surface area contributed by atoms with E-state index < -0.39 is 20.8 Å². The number of hydrogen-bond acceptors (Lipinski definition) is 7. The quantitative estimate of drug-likeness (QED) is 0.482. The summed E-state index contributed by atoms with van der Waals surface area (Å²) in [5.74, 6) is 0. The Bertz CT molecular complexity index is 476. The van der Waals surface area contributed by atoms with E-state index in [1.807, 2.05) is 0 Å². The van der Waals surface area contributed by atoms with Crippen LogP contribution in [0.1, 0.15) is 5.69 Å². The Hall–Kier alpha value is -1.05. The Balaban J connectivity index is 0.000000302. The molecule has 0 aliphatic rings. The Labute approximate surface area is 97.7 Å². The van der Waals surface area contributed by atoms with Crippen LogP contribution in [0.2, 0.25) is 0 Å². The monoisotopic (exact) mass is 289 g/mol. The normalized spacial score (nSPS) is 11.7. The van der Waals surface area contributed by atoms with Crippen LogP contribution in [0.5, 0.6) is 0 Å². The predicted octanol–water partition coefficient (Wildman–Crippen LogP) is -1.48. The van der Waals surface area contributed by atoms with Crippen LogP contribution in [0.4, 0.5) is 0 Å². The van der Waals surface area contributed by atoms with Gasteiger partial charge in [0.05, 0.1) is 6.33 Å². The fraction of sp³-hybridized carbons (Fsp3) is 0.400. The third-order valence-electron chi connectivity index (χ3n) is 1.14. The van der Waals surface area contributed by atoms with Gasteiger partial charge in [0, 0.05) is 18.3 Å². The molecule has 0 atom stereocenters. The minimum atomic E-state index is -5.12. The van der Waals surface area contributed by atoms with Gasteiger partial charge in [-0.25, -0.2) is 4.98 Å². The number of hydrogen-bond donors (Lipinski definition) is 4. The van der Waals surface area contributed by atoms with Crippen molar-refractivity contribution >= 4 is 20.8 Å². The van der Waals surface area contributed by atoms with Crippen molar-refractivity contribution < 1.29 is 29.6 Å². The van der Waals surface area contributed by atoms with Gasteiger partial charge in [-0.3, -0.25) is 9.11 Å². The zero-order valence-electron chi connectivity index (χ0n) is 8.35. The van der Waals surface area contributed by atoms with Crippen LogP contribution < -0.4 is 5.73 Å². The number of nitrogens with zero attached hydrogens (tertiary/aromatic N) is 1. The molecule has 0 aliphatic carbocycles. The lowest BCUT2D eigenvalue weighted by Crippen LogP contribution is -2.10. The molecular formula is C5H11N3O7S2. The van der Waals surface area contributed by atoms with Crippen molar-refractivity contribution in [2.75, 3.05) is 6.54 Å². The van der Waals surface area contributed by atoms with Crippen molar-refractivity contribution in [3.8, 4) is 0 Å². The van der Waals surface area contributed by atoms with Crippen LogP contribution >= 0.6 is 0 Å². The molecule has 10 nitrogen and oxygen atoms in total. The van der Waals surface area contributed by atoms with Crippen molar-refractivity contribution in [1.82, 2.24) is 9.97 Å². The number of nitrogens with one attached hydrogen (secondary N) is 1. The van der Waals surface area contributed by atoms with Crippen molar-refractivity contribution in [3.63, 3.8) is 0 Å². The van der Waals surface area contributed by atoms with Crippen LogP contribution in [-0.2, 0) is 30.8 Å². The molecule has 0 bridgehead atoms. The summed E-state index contributed by atoms with van der Waals surface area (Å²) in [4.78, 5) is 6.78. The molecule has 17 heavy (non-hydrogen) atoms. The van der Waals surface area contributed by atoms with E-state index in [1.54, 1.807) is 12.5 Å². The van der Waals surface area contributed by atoms with Gasteiger partial charge >= 0.3 is 20.8 Å². The first-order valence-corrected chi connectivity index (χ1v) is 6.70. The second-order valence-electron chi connectivity index (χ2n) is 2.54. The molecule has 0 unspecified atom stereocenters. The van der Waals surface area contributed by atoms with Gasteiger partial charge in [-0.05, 0) is 6.54 Å². The number of imidazole rings is 1. The summed E-state index contributed by atoms with van der Waals surface area (Å²) in [6.45, 7) is 0.683. The molecule has 0 fully saturated rings. The van der Waals surface area contributed by atoms with E-state index in [0.717, 1.165) is 12.1 Å². The first-order valence-electron chi connectivity index (χ1n) is 3.97. The molecule has 0 aromatic carbocycles. The second kappa shape index (κ2) is 6.63. The second-order valence-corrected chi connectivity index (χ2v) is 4.79. The first-order chi connectivity index (χ1) is 7.64. The van der Waals surface area contributed by atoms with E-state index in [9.17, 15) is 16.8 Å². The highest BCUT2D eigenvalue weighted by Crippen LogP contribution is 1.91. The minimum Gasteiger partial charge on any atom is -0.348 e. The maximum atomic E-state index is 9.44. The van der Waals surface area contributed by atoms with Gasteiger partial charge in [-0.1, -0.05) is 0 Å². The molecule has 100 valence electrons. The number of aromatic nitrogens is 2. The van der Waals surface area contributed by atoms with Gasteiger partial charge in [0.25, 0.3) is 0 Å². The maximum Gasteiger partial charge on any atom is 0.413 e. The average Bonchev–Trinajstić information content (AvgIpc) is 2.51. The number of rotatable bonds is 4. The average molecular weight is 289 g/mol. The molecule has 1 aromatic heterocycles. The molecule has 0 radical (unpaired) electrons. The van der Waals surface area contributed by atoms with Crippen LogP contribution in [-0.4, -0.2) is 42.5 Å². The topological polar surface area (TPSA) is 173 Å². The minimum absolute atomic E-state index is 0.683. The van der Waals surface area contributed by atoms with Gasteiger partial charge in [0.2, 0.25) is 0 Å². The molecule has 0 amide bonds. The molecule has 0 aliphatic heterocycles. The summed E-state index contributed by atoms with van der Waals surface area (Å²) in [6, 6.07) is 0. The summed E-state index contributed by atoms with van der Waals surface area (Å²) in [7, 11) is -10.2. The third kappa shape index (κ3) is 11.2. The van der Waals surface area contributed by atoms with Crippen molar-refractivity contribution in [3.05, 3.63) is 18.2 Å². The Morgan fingerprint density at radius 3 is 2.06 bits per heavy atom. The lowest BCUT2D eigenvalue weighted by Gasteiger charge is -1.89. The molecule has 0 saturated heterocycles. The molecule has 1 rings (SSSR count). The van der Waals surface area contributed by atoms with Gasteiger partial charge < -0.3 is 10.7 Å². The number of nitrogens with two attached hydrogens (primary N) is 1. The van der Waals surface area contributed by atoms with E-state index in [-0.39, 0.29) is 0 Å². The van der Waals surface area contributed by atoms with Gasteiger partial charge in [0.1, 0.15) is 0 Å². The van der Waals surface area contributed by atoms with Gasteiger partial charge in [-0.15, -0.1) is 3.63 Å². The highest BCUT2D eigenvalue weighted by atomic mass is 32.3. The standard InChI is InChI=1S/C5H9N3.H2O7S2/c6-2-1-5-3-7-4-8-5;1-8(2,3)7-9(4,5)6/h3-4H,1-2,6H2,(H,7,8);(H,1,2,3)(H,4,5,6). The van der Waals surface area contributed by atoms with E-state index >= 15 is 0 Å². The molecule has 5 N–H and O–H groups in total. The van der Waals surface area contributed by atoms with Crippen LogP contribution in [0, 0.1) is 0 Å². The summed E-state index contributed by atoms with van der Waals surface area (Å²) >= 11 is 0. The SMILES string of the molecule is NCCc1cnc[nH]1.O=S(=O)(O)OS(=O)(=O)O. The van der Waals surface area contributed by atoms with E-state index in [0.29, 0.717) is 6.54 Å². The Kier molecular flexibility index (Phi) is 6.22. The summed E-state index contributed by atoms with van der Waals surface area (Å²) in [5, 5.41) is 0. The smallest absolute Gasteiger partial charge is 0.348 e. The van der Waals surface area contributed by atoms with Crippen LogP contribution in [0.25, 0.3) is 0 Å². The van der Waals surface area contributed by atoms with Crippen molar-refractivity contribution in [1.29, 1.82) is 0 Å². The van der Waals surface area contributed by atoms with Crippen LogP contribution in [0.3, 0.4) is 0 Å². The number of H-pyrrole nitrogens is 1. The molecule has 0 saturated carbocycles. The maximum absolute atomic E-state index is 9.44. The third-order valence-corrected chi connectivity index (χ3v) is 2.52. The molecule has 12 heteroatoms. The van der Waals surface area contributed by atoms with Gasteiger partial charge in [-0.2, -0.15) is 16.8 Å². The van der Waals surface area contributed by atoms with E-state index in [2.05, 4.69) is 13.6 Å². The van der Waals surface area contributed by atoms with E-state index in [1.165, 1.54) is 0 Å². The first kappa shape index (κ1) is 16.0.